The summed E-state index contributed by atoms with van der Waals surface area (Å²) in [5.41, 5.74) is 0.353. The first-order valence-corrected chi connectivity index (χ1v) is 8.15. The van der Waals surface area contributed by atoms with Crippen LogP contribution < -0.4 is 5.32 Å². The van der Waals surface area contributed by atoms with Gasteiger partial charge in [-0.25, -0.2) is 4.39 Å². The van der Waals surface area contributed by atoms with Crippen LogP contribution in [-0.4, -0.2) is 17.3 Å². The van der Waals surface area contributed by atoms with Crippen LogP contribution in [0.1, 0.15) is 36.0 Å². The van der Waals surface area contributed by atoms with Crippen LogP contribution in [0.4, 0.5) is 4.39 Å². The summed E-state index contributed by atoms with van der Waals surface area (Å²) in [5.74, 6) is -0.122. The number of carbonyl (C=O) groups excluding carboxylic acids is 1. The molecule has 0 heterocycles. The smallest absolute Gasteiger partial charge is 0.252 e. The summed E-state index contributed by atoms with van der Waals surface area (Å²) in [6.45, 7) is 0.657. The van der Waals surface area contributed by atoms with Crippen molar-refractivity contribution in [1.82, 2.24) is 5.32 Å². The van der Waals surface area contributed by atoms with Gasteiger partial charge in [0.1, 0.15) is 5.82 Å². The van der Waals surface area contributed by atoms with Crippen LogP contribution in [0, 0.1) is 11.7 Å². The molecule has 0 bridgehead atoms. The Morgan fingerprint density at radius 2 is 2.21 bits per heavy atom. The fraction of sp³-hybridized carbons (Fsp3) is 0.500. The molecule has 5 heteroatoms. The Hall–Kier alpha value is -0.420. The van der Waals surface area contributed by atoms with Gasteiger partial charge in [0.15, 0.2) is 0 Å². The molecule has 19 heavy (non-hydrogen) atoms. The zero-order chi connectivity index (χ0) is 13.8. The molecule has 0 spiro atoms. The normalized spacial score (nSPS) is 23.1. The molecule has 2 atom stereocenters. The molecule has 1 amide bonds. The molecule has 1 fully saturated rings. The summed E-state index contributed by atoms with van der Waals surface area (Å²) in [6, 6.07) is 4.50. The number of hydrogen-bond acceptors (Lipinski definition) is 1. The Morgan fingerprint density at radius 3 is 2.95 bits per heavy atom. The van der Waals surface area contributed by atoms with E-state index in [1.54, 1.807) is 12.1 Å². The molecule has 0 aromatic heterocycles. The molecule has 1 aliphatic rings. The molecule has 104 valence electrons. The summed E-state index contributed by atoms with van der Waals surface area (Å²) >= 11 is 6.74. The van der Waals surface area contributed by atoms with Crippen LogP contribution in [0.3, 0.4) is 0 Å². The third kappa shape index (κ3) is 4.02. The van der Waals surface area contributed by atoms with Crippen molar-refractivity contribution in [2.24, 2.45) is 5.92 Å². The van der Waals surface area contributed by atoms with E-state index in [2.05, 4.69) is 37.2 Å². The van der Waals surface area contributed by atoms with Crippen molar-refractivity contribution in [2.75, 3.05) is 6.54 Å². The van der Waals surface area contributed by atoms with E-state index in [4.69, 9.17) is 0 Å². The van der Waals surface area contributed by atoms with Gasteiger partial charge in [0.05, 0.1) is 10.0 Å². The number of alkyl halides is 1. The summed E-state index contributed by atoms with van der Waals surface area (Å²) in [6.07, 6.45) is 4.64. The van der Waals surface area contributed by atoms with E-state index < -0.39 is 5.82 Å². The summed E-state index contributed by atoms with van der Waals surface area (Å²) in [7, 11) is 0. The second kappa shape index (κ2) is 6.84. The lowest BCUT2D eigenvalue weighted by Crippen LogP contribution is -2.32. The first-order chi connectivity index (χ1) is 9.08. The van der Waals surface area contributed by atoms with Crippen LogP contribution in [0.15, 0.2) is 22.7 Å². The Morgan fingerprint density at radius 1 is 1.42 bits per heavy atom. The van der Waals surface area contributed by atoms with E-state index in [0.29, 0.717) is 22.9 Å². The Balaban J connectivity index is 1.92. The molecule has 2 rings (SSSR count). The topological polar surface area (TPSA) is 29.1 Å². The van der Waals surface area contributed by atoms with E-state index in [9.17, 15) is 9.18 Å². The molecule has 2 unspecified atom stereocenters. The van der Waals surface area contributed by atoms with Crippen LogP contribution in [0.2, 0.25) is 0 Å². The zero-order valence-electron chi connectivity index (χ0n) is 10.5. The van der Waals surface area contributed by atoms with Crippen molar-refractivity contribution >= 4 is 37.8 Å². The average Bonchev–Trinajstić information content (AvgIpc) is 2.39. The molecule has 1 aromatic rings. The second-order valence-corrected chi connectivity index (χ2v) is 7.03. The van der Waals surface area contributed by atoms with Crippen molar-refractivity contribution in [2.45, 2.75) is 30.5 Å². The third-order valence-electron chi connectivity index (χ3n) is 3.47. The van der Waals surface area contributed by atoms with Crippen LogP contribution in [-0.2, 0) is 0 Å². The van der Waals surface area contributed by atoms with Crippen LogP contribution >= 0.6 is 31.9 Å². The standard InChI is InChI=1S/C14H16Br2FNO/c15-10-4-1-3-9(7-10)8-18-14(19)11-5-2-6-12(17)13(11)16/h2,5-6,9-10H,1,3-4,7-8H2,(H,18,19). The first kappa shape index (κ1) is 15.0. The highest BCUT2D eigenvalue weighted by atomic mass is 79.9. The molecule has 1 saturated carbocycles. The largest absolute Gasteiger partial charge is 0.352 e. The highest BCUT2D eigenvalue weighted by Gasteiger charge is 2.21. The highest BCUT2D eigenvalue weighted by molar-refractivity contribution is 9.10. The van der Waals surface area contributed by atoms with Gasteiger partial charge in [0.25, 0.3) is 5.91 Å². The quantitative estimate of drug-likeness (QED) is 0.764. The highest BCUT2D eigenvalue weighted by Crippen LogP contribution is 2.28. The van der Waals surface area contributed by atoms with Gasteiger partial charge in [-0.1, -0.05) is 28.4 Å². The van der Waals surface area contributed by atoms with E-state index in [1.165, 1.54) is 18.9 Å². The lowest BCUT2D eigenvalue weighted by molar-refractivity contribution is 0.0942. The molecule has 1 N–H and O–H groups in total. The first-order valence-electron chi connectivity index (χ1n) is 6.44. The molecule has 1 aliphatic carbocycles. The van der Waals surface area contributed by atoms with Gasteiger partial charge in [0, 0.05) is 11.4 Å². The Labute approximate surface area is 129 Å². The van der Waals surface area contributed by atoms with Crippen LogP contribution in [0.25, 0.3) is 0 Å². The SMILES string of the molecule is O=C(NCC1CCCC(Br)C1)c1cccc(F)c1Br. The predicted molar refractivity (Wildman–Crippen MR) is 81.1 cm³/mol. The summed E-state index contributed by atoms with van der Waals surface area (Å²) in [4.78, 5) is 12.6. The maximum atomic E-state index is 13.4. The number of hydrogen-bond donors (Lipinski definition) is 1. The number of benzene rings is 1. The monoisotopic (exact) mass is 391 g/mol. The van der Waals surface area contributed by atoms with Crippen molar-refractivity contribution < 1.29 is 9.18 Å². The van der Waals surface area contributed by atoms with Crippen molar-refractivity contribution in [3.63, 3.8) is 0 Å². The van der Waals surface area contributed by atoms with Gasteiger partial charge in [-0.15, -0.1) is 0 Å². The van der Waals surface area contributed by atoms with Crippen LogP contribution in [0.5, 0.6) is 0 Å². The Bertz CT molecular complexity index is 467. The fourth-order valence-electron chi connectivity index (χ4n) is 2.42. The maximum Gasteiger partial charge on any atom is 0.252 e. The average molecular weight is 393 g/mol. The second-order valence-electron chi connectivity index (χ2n) is 4.94. The van der Waals surface area contributed by atoms with Gasteiger partial charge in [-0.2, -0.15) is 0 Å². The van der Waals surface area contributed by atoms with Gasteiger partial charge < -0.3 is 5.32 Å². The molecular weight excluding hydrogens is 377 g/mol. The van der Waals surface area contributed by atoms with E-state index in [-0.39, 0.29) is 10.4 Å². The fourth-order valence-corrected chi connectivity index (χ4v) is 3.72. The van der Waals surface area contributed by atoms with Gasteiger partial charge in [-0.05, 0) is 53.2 Å². The van der Waals surface area contributed by atoms with E-state index in [0.717, 1.165) is 12.8 Å². The van der Waals surface area contributed by atoms with Crippen molar-refractivity contribution in [3.05, 3.63) is 34.1 Å². The Kier molecular flexibility index (Phi) is 5.39. The predicted octanol–water partition coefficient (Wildman–Crippen LogP) is 4.27. The number of halogens is 3. The van der Waals surface area contributed by atoms with Crippen molar-refractivity contribution in [3.8, 4) is 0 Å². The number of rotatable bonds is 3. The number of nitrogens with one attached hydrogen (secondary N) is 1. The lowest BCUT2D eigenvalue weighted by atomic mass is 9.89. The molecule has 0 saturated heterocycles. The van der Waals surface area contributed by atoms with Gasteiger partial charge in [-0.3, -0.25) is 4.79 Å². The maximum absolute atomic E-state index is 13.4. The van der Waals surface area contributed by atoms with Crippen molar-refractivity contribution in [1.29, 1.82) is 0 Å². The number of amides is 1. The zero-order valence-corrected chi connectivity index (χ0v) is 13.6. The minimum absolute atomic E-state index is 0.219. The van der Waals surface area contributed by atoms with Gasteiger partial charge in [0.2, 0.25) is 0 Å². The van der Waals surface area contributed by atoms with Gasteiger partial charge >= 0.3 is 0 Å². The lowest BCUT2D eigenvalue weighted by Gasteiger charge is -2.25. The minimum atomic E-state index is -0.411. The number of carbonyl (C=O) groups is 1. The summed E-state index contributed by atoms with van der Waals surface area (Å²) < 4.78 is 13.6. The molecule has 0 aliphatic heterocycles. The molecule has 1 aromatic carbocycles. The van der Waals surface area contributed by atoms with E-state index >= 15 is 0 Å². The molecule has 0 radical (unpaired) electrons. The minimum Gasteiger partial charge on any atom is -0.352 e. The third-order valence-corrected chi connectivity index (χ3v) is 5.10. The van der Waals surface area contributed by atoms with E-state index in [1.807, 2.05) is 0 Å². The molecular formula is C14H16Br2FNO. The molecule has 2 nitrogen and oxygen atoms in total. The summed E-state index contributed by atoms with van der Waals surface area (Å²) in [5, 5.41) is 2.90.